The van der Waals surface area contributed by atoms with Crippen molar-refractivity contribution in [2.24, 2.45) is 0 Å². The fraction of sp³-hybridized carbons (Fsp3) is 0.188. The first-order valence-corrected chi connectivity index (χ1v) is 6.98. The van der Waals surface area contributed by atoms with Gasteiger partial charge < -0.3 is 9.47 Å². The van der Waals surface area contributed by atoms with Crippen molar-refractivity contribution in [1.29, 1.82) is 0 Å². The van der Waals surface area contributed by atoms with Gasteiger partial charge in [0.05, 0.1) is 7.11 Å². The topological polar surface area (TPSA) is 35.5 Å². The quantitative estimate of drug-likeness (QED) is 0.760. The molecular weight excluding hydrogens is 272 g/mol. The first-order valence-electron chi connectivity index (χ1n) is 6.17. The minimum absolute atomic E-state index is 0.00602. The van der Waals surface area contributed by atoms with Crippen molar-refractivity contribution in [2.45, 2.75) is 9.79 Å². The maximum Gasteiger partial charge on any atom is 0.188 e. The molecule has 0 N–H and O–H groups in total. The minimum atomic E-state index is -0.00602. The van der Waals surface area contributed by atoms with Crippen LogP contribution in [0.15, 0.2) is 58.3 Å². The average molecular weight is 288 g/mol. The summed E-state index contributed by atoms with van der Waals surface area (Å²) in [5, 5.41) is 0. The average Bonchev–Trinajstić information content (AvgIpc) is 2.49. The first-order chi connectivity index (χ1) is 9.72. The molecule has 0 heterocycles. The number of ketones is 1. The molecule has 2 rings (SSSR count). The lowest BCUT2D eigenvalue weighted by atomic mass is 10.1. The normalized spacial score (nSPS) is 10.3. The zero-order valence-corrected chi connectivity index (χ0v) is 12.3. The summed E-state index contributed by atoms with van der Waals surface area (Å²) in [6.07, 6.45) is 0. The van der Waals surface area contributed by atoms with Crippen molar-refractivity contribution in [3.05, 3.63) is 54.1 Å². The van der Waals surface area contributed by atoms with E-state index < -0.39 is 0 Å². The summed E-state index contributed by atoms with van der Waals surface area (Å²) in [7, 11) is 3.17. The maximum atomic E-state index is 11.6. The number of carbonyl (C=O) groups is 1. The number of hydrogen-bond donors (Lipinski definition) is 0. The van der Waals surface area contributed by atoms with E-state index in [1.54, 1.807) is 18.9 Å². The van der Waals surface area contributed by atoms with Crippen LogP contribution in [-0.2, 0) is 4.74 Å². The van der Waals surface area contributed by atoms with E-state index in [2.05, 4.69) is 0 Å². The van der Waals surface area contributed by atoms with Gasteiger partial charge in [0, 0.05) is 22.5 Å². The molecule has 0 amide bonds. The van der Waals surface area contributed by atoms with Gasteiger partial charge in [-0.2, -0.15) is 0 Å². The van der Waals surface area contributed by atoms with Gasteiger partial charge in [0.25, 0.3) is 0 Å². The Morgan fingerprint density at radius 1 is 0.950 bits per heavy atom. The molecule has 0 spiro atoms. The Bertz CT molecular complexity index is 561. The molecule has 0 aliphatic carbocycles. The van der Waals surface area contributed by atoms with E-state index in [0.717, 1.165) is 15.5 Å². The molecule has 2 aromatic carbocycles. The summed E-state index contributed by atoms with van der Waals surface area (Å²) in [4.78, 5) is 13.9. The molecule has 104 valence electrons. The third-order valence-electron chi connectivity index (χ3n) is 2.75. The zero-order valence-electron chi connectivity index (χ0n) is 11.5. The van der Waals surface area contributed by atoms with Gasteiger partial charge in [-0.05, 0) is 36.4 Å². The summed E-state index contributed by atoms with van der Waals surface area (Å²) < 4.78 is 9.96. The summed E-state index contributed by atoms with van der Waals surface area (Å²) in [5.74, 6) is 0.836. The molecule has 0 bridgehead atoms. The summed E-state index contributed by atoms with van der Waals surface area (Å²) in [5.41, 5.74) is 0.672. The Morgan fingerprint density at radius 2 is 1.50 bits per heavy atom. The van der Waals surface area contributed by atoms with Gasteiger partial charge in [0.1, 0.15) is 12.4 Å². The summed E-state index contributed by atoms with van der Waals surface area (Å²) in [6, 6.07) is 15.4. The Labute approximate surface area is 122 Å². The van der Waals surface area contributed by atoms with Crippen LogP contribution < -0.4 is 4.74 Å². The lowest BCUT2D eigenvalue weighted by Crippen LogP contribution is -2.06. The lowest BCUT2D eigenvalue weighted by Gasteiger charge is -2.05. The number of rotatable bonds is 6. The number of hydrogen-bond acceptors (Lipinski definition) is 4. The Kier molecular flexibility index (Phi) is 5.21. The van der Waals surface area contributed by atoms with Crippen LogP contribution in [0, 0.1) is 0 Å². The molecular formula is C16H16O3S. The first kappa shape index (κ1) is 14.6. The second-order valence-electron chi connectivity index (χ2n) is 4.16. The largest absolute Gasteiger partial charge is 0.497 e. The molecule has 0 aliphatic rings. The fourth-order valence-electron chi connectivity index (χ4n) is 1.70. The molecule has 0 aliphatic heterocycles. The molecule has 0 aromatic heterocycles. The molecule has 0 saturated heterocycles. The second kappa shape index (κ2) is 7.12. The van der Waals surface area contributed by atoms with Crippen molar-refractivity contribution in [1.82, 2.24) is 0 Å². The Balaban J connectivity index is 2.04. The highest BCUT2D eigenvalue weighted by Crippen LogP contribution is 2.29. The van der Waals surface area contributed by atoms with E-state index in [1.807, 2.05) is 48.5 Å². The van der Waals surface area contributed by atoms with Crippen LogP contribution in [0.3, 0.4) is 0 Å². The van der Waals surface area contributed by atoms with Crippen LogP contribution in [0.2, 0.25) is 0 Å². The van der Waals surface area contributed by atoms with Crippen molar-refractivity contribution < 1.29 is 14.3 Å². The highest BCUT2D eigenvalue weighted by molar-refractivity contribution is 7.99. The standard InChI is InChI=1S/C16H16O3S/c1-18-11-16(17)12-3-7-14(8-4-12)20-15-9-5-13(19-2)6-10-15/h3-10H,11H2,1-2H3. The van der Waals surface area contributed by atoms with Crippen LogP contribution >= 0.6 is 11.8 Å². The van der Waals surface area contributed by atoms with Gasteiger partial charge in [-0.15, -0.1) is 0 Å². The molecule has 0 radical (unpaired) electrons. The van der Waals surface area contributed by atoms with Crippen molar-refractivity contribution in [3.63, 3.8) is 0 Å². The second-order valence-corrected chi connectivity index (χ2v) is 5.31. The van der Waals surface area contributed by atoms with Crippen molar-refractivity contribution in [2.75, 3.05) is 20.8 Å². The van der Waals surface area contributed by atoms with Gasteiger partial charge in [-0.1, -0.05) is 23.9 Å². The van der Waals surface area contributed by atoms with Gasteiger partial charge in [0.15, 0.2) is 5.78 Å². The summed E-state index contributed by atoms with van der Waals surface area (Å²) >= 11 is 1.64. The molecule has 20 heavy (non-hydrogen) atoms. The molecule has 4 heteroatoms. The Morgan fingerprint density at radius 3 is 2.00 bits per heavy atom. The van der Waals surface area contributed by atoms with E-state index >= 15 is 0 Å². The smallest absolute Gasteiger partial charge is 0.188 e. The van der Waals surface area contributed by atoms with Crippen LogP contribution in [0.4, 0.5) is 0 Å². The lowest BCUT2D eigenvalue weighted by molar-refractivity contribution is 0.0848. The zero-order chi connectivity index (χ0) is 14.4. The van der Waals surface area contributed by atoms with Crippen LogP contribution in [0.25, 0.3) is 0 Å². The van der Waals surface area contributed by atoms with Gasteiger partial charge in [0.2, 0.25) is 0 Å². The van der Waals surface area contributed by atoms with Gasteiger partial charge >= 0.3 is 0 Å². The van der Waals surface area contributed by atoms with Crippen molar-refractivity contribution in [3.8, 4) is 5.75 Å². The predicted octanol–water partition coefficient (Wildman–Crippen LogP) is 3.68. The van der Waals surface area contributed by atoms with E-state index in [-0.39, 0.29) is 12.4 Å². The van der Waals surface area contributed by atoms with Gasteiger partial charge in [-0.3, -0.25) is 4.79 Å². The van der Waals surface area contributed by atoms with Gasteiger partial charge in [-0.25, -0.2) is 0 Å². The number of benzene rings is 2. The summed E-state index contributed by atoms with van der Waals surface area (Å²) in [6.45, 7) is 0.116. The third kappa shape index (κ3) is 3.85. The van der Waals surface area contributed by atoms with Crippen molar-refractivity contribution >= 4 is 17.5 Å². The number of ether oxygens (including phenoxy) is 2. The predicted molar refractivity (Wildman–Crippen MR) is 79.8 cm³/mol. The molecule has 0 unspecified atom stereocenters. The van der Waals surface area contributed by atoms with E-state index in [0.29, 0.717) is 5.56 Å². The van der Waals surface area contributed by atoms with Crippen LogP contribution in [-0.4, -0.2) is 26.6 Å². The van der Waals surface area contributed by atoms with E-state index in [9.17, 15) is 4.79 Å². The van der Waals surface area contributed by atoms with Crippen LogP contribution in [0.5, 0.6) is 5.75 Å². The molecule has 0 saturated carbocycles. The Hall–Kier alpha value is -1.78. The maximum absolute atomic E-state index is 11.6. The van der Waals surface area contributed by atoms with E-state index in [4.69, 9.17) is 9.47 Å². The molecule has 0 fully saturated rings. The monoisotopic (exact) mass is 288 g/mol. The third-order valence-corrected chi connectivity index (χ3v) is 3.76. The highest BCUT2D eigenvalue weighted by Gasteiger charge is 2.05. The number of carbonyl (C=O) groups excluding carboxylic acids is 1. The molecule has 0 atom stereocenters. The number of methoxy groups -OCH3 is 2. The molecule has 3 nitrogen and oxygen atoms in total. The molecule has 2 aromatic rings. The SMILES string of the molecule is COCC(=O)c1ccc(Sc2ccc(OC)cc2)cc1. The van der Waals surface area contributed by atoms with Crippen LogP contribution in [0.1, 0.15) is 10.4 Å². The minimum Gasteiger partial charge on any atom is -0.497 e. The number of Topliss-reactive ketones (excluding diaryl/α,β-unsaturated/α-hetero) is 1. The highest BCUT2D eigenvalue weighted by atomic mass is 32.2. The van der Waals surface area contributed by atoms with E-state index in [1.165, 1.54) is 7.11 Å². The fourth-order valence-corrected chi connectivity index (χ4v) is 2.52.